The van der Waals surface area contributed by atoms with Gasteiger partial charge in [-0.2, -0.15) is 0 Å². The minimum absolute atomic E-state index is 1.15. The Morgan fingerprint density at radius 1 is 0.163 bits per heavy atom. The molecule has 0 fully saturated rings. The van der Waals surface area contributed by atoms with Crippen molar-refractivity contribution < 1.29 is 0 Å². The molecule has 0 N–H and O–H groups in total. The molecule has 0 saturated heterocycles. The van der Waals surface area contributed by atoms with Crippen molar-refractivity contribution in [3.8, 4) is 0 Å². The van der Waals surface area contributed by atoms with E-state index >= 15 is 0 Å². The Morgan fingerprint density at radius 3 is 0.429 bits per heavy atom. The van der Waals surface area contributed by atoms with Crippen molar-refractivity contribution in [1.82, 2.24) is 0 Å². The zero-order valence-corrected chi connectivity index (χ0v) is 36.6. The van der Waals surface area contributed by atoms with Crippen LogP contribution in [0.4, 0.5) is 0 Å². The SMILES string of the molecule is CCCCCCCCCCCCCCC[PH](CCCCCCCCCCC)(CCCCCCCCCCC)CCCCCCCCCCC. The van der Waals surface area contributed by atoms with Crippen LogP contribution in [-0.4, -0.2) is 24.6 Å². The summed E-state index contributed by atoms with van der Waals surface area (Å²) >= 11 is 0. The molecule has 0 aromatic rings. The van der Waals surface area contributed by atoms with Gasteiger partial charge in [0.2, 0.25) is 0 Å². The first kappa shape index (κ1) is 49.4. The predicted octanol–water partition coefficient (Wildman–Crippen LogP) is 18.4. The molecule has 298 valence electrons. The van der Waals surface area contributed by atoms with Gasteiger partial charge in [-0.3, -0.25) is 0 Å². The summed E-state index contributed by atoms with van der Waals surface area (Å²) in [5, 5.41) is 0. The van der Waals surface area contributed by atoms with Crippen molar-refractivity contribution in [3.05, 3.63) is 0 Å². The van der Waals surface area contributed by atoms with E-state index in [1.165, 1.54) is 225 Å². The van der Waals surface area contributed by atoms with Gasteiger partial charge in [-0.25, -0.2) is 0 Å². The Hall–Kier alpha value is 0.430. The summed E-state index contributed by atoms with van der Waals surface area (Å²) < 4.78 is 0. The normalized spacial score (nSPS) is 12.3. The first-order valence-electron chi connectivity index (χ1n) is 24.2. The van der Waals surface area contributed by atoms with Crippen LogP contribution in [0.5, 0.6) is 0 Å². The van der Waals surface area contributed by atoms with E-state index in [0.29, 0.717) is 0 Å². The van der Waals surface area contributed by atoms with Gasteiger partial charge >= 0.3 is 297 Å². The van der Waals surface area contributed by atoms with Gasteiger partial charge in [-0.15, -0.1) is 0 Å². The van der Waals surface area contributed by atoms with Crippen molar-refractivity contribution in [3.63, 3.8) is 0 Å². The second-order valence-corrected chi connectivity index (χ2v) is 22.2. The molecule has 0 radical (unpaired) electrons. The van der Waals surface area contributed by atoms with Gasteiger partial charge in [0.05, 0.1) is 0 Å². The molecule has 0 aliphatic carbocycles. The van der Waals surface area contributed by atoms with E-state index in [-0.39, 0.29) is 0 Å². The van der Waals surface area contributed by atoms with Crippen LogP contribution < -0.4 is 0 Å². The van der Waals surface area contributed by atoms with Gasteiger partial charge in [0.1, 0.15) is 0 Å². The van der Waals surface area contributed by atoms with Crippen LogP contribution >= 0.6 is 7.26 Å². The summed E-state index contributed by atoms with van der Waals surface area (Å²) in [5.41, 5.74) is 0. The summed E-state index contributed by atoms with van der Waals surface area (Å²) in [6.45, 7) is 9.36. The molecule has 0 amide bonds. The fourth-order valence-electron chi connectivity index (χ4n) is 8.70. The van der Waals surface area contributed by atoms with Crippen LogP contribution in [0.1, 0.15) is 285 Å². The van der Waals surface area contributed by atoms with Gasteiger partial charge in [0.15, 0.2) is 0 Å². The fourth-order valence-corrected chi connectivity index (χ4v) is 14.2. The molecule has 0 aliphatic rings. The molecule has 0 aliphatic heterocycles. The molecule has 0 spiro atoms. The summed E-state index contributed by atoms with van der Waals surface area (Å²) in [5.74, 6) is 0. The molecule has 0 bridgehead atoms. The third-order valence-corrected chi connectivity index (χ3v) is 17.9. The van der Waals surface area contributed by atoms with Crippen LogP contribution in [0.2, 0.25) is 0 Å². The number of rotatable bonds is 44. The van der Waals surface area contributed by atoms with Crippen LogP contribution in [-0.2, 0) is 0 Å². The van der Waals surface area contributed by atoms with E-state index in [1.807, 2.05) is 0 Å². The Morgan fingerprint density at radius 2 is 0.286 bits per heavy atom. The summed E-state index contributed by atoms with van der Waals surface area (Å²) in [4.78, 5) is 0. The minimum atomic E-state index is -1.15. The van der Waals surface area contributed by atoms with Crippen LogP contribution in [0, 0.1) is 0 Å². The number of unbranched alkanes of at least 4 members (excludes halogenated alkanes) is 36. The van der Waals surface area contributed by atoms with E-state index in [1.54, 1.807) is 56.8 Å². The summed E-state index contributed by atoms with van der Waals surface area (Å²) in [6.07, 6.45) is 66.5. The van der Waals surface area contributed by atoms with Gasteiger partial charge in [0, 0.05) is 0 Å². The van der Waals surface area contributed by atoms with Gasteiger partial charge in [0.25, 0.3) is 0 Å². The summed E-state index contributed by atoms with van der Waals surface area (Å²) in [6, 6.07) is 0. The number of hydrogen-bond donors (Lipinski definition) is 0. The third-order valence-electron chi connectivity index (χ3n) is 12.2. The molecule has 0 atom stereocenters. The summed E-state index contributed by atoms with van der Waals surface area (Å²) in [7, 11) is -1.15. The Labute approximate surface area is 315 Å². The second-order valence-electron chi connectivity index (χ2n) is 17.2. The molecule has 0 aromatic heterocycles. The van der Waals surface area contributed by atoms with Gasteiger partial charge in [-0.05, 0) is 0 Å². The first-order valence-corrected chi connectivity index (χ1v) is 27.1. The van der Waals surface area contributed by atoms with Crippen LogP contribution in [0.25, 0.3) is 0 Å². The maximum atomic E-state index is 2.34. The molecule has 0 unspecified atom stereocenters. The van der Waals surface area contributed by atoms with Crippen molar-refractivity contribution in [2.24, 2.45) is 0 Å². The van der Waals surface area contributed by atoms with Crippen LogP contribution in [0.3, 0.4) is 0 Å². The third kappa shape index (κ3) is 38.0. The average Bonchev–Trinajstić information content (AvgIpc) is 3.11. The zero-order valence-electron chi connectivity index (χ0n) is 35.6. The molecular weight excluding hydrogens is 608 g/mol. The van der Waals surface area contributed by atoms with Gasteiger partial charge < -0.3 is 0 Å². The van der Waals surface area contributed by atoms with Crippen molar-refractivity contribution in [1.29, 1.82) is 0 Å². The molecule has 49 heavy (non-hydrogen) atoms. The van der Waals surface area contributed by atoms with E-state index in [0.717, 1.165) is 0 Å². The van der Waals surface area contributed by atoms with Crippen molar-refractivity contribution in [2.75, 3.05) is 24.6 Å². The number of hydrogen-bond acceptors (Lipinski definition) is 0. The Bertz CT molecular complexity index is 514. The average molecular weight is 709 g/mol. The monoisotopic (exact) mass is 709 g/mol. The quantitative estimate of drug-likeness (QED) is 0.0437. The van der Waals surface area contributed by atoms with Gasteiger partial charge in [-0.1, -0.05) is 19.8 Å². The van der Waals surface area contributed by atoms with Crippen molar-refractivity contribution >= 4 is 7.26 Å². The fraction of sp³-hybridized carbons (Fsp3) is 1.00. The predicted molar refractivity (Wildman–Crippen MR) is 235 cm³/mol. The standard InChI is InChI=1S/C48H101P/c1-5-9-13-17-21-25-26-27-28-32-36-40-44-48-49(45-41-37-33-29-22-18-14-10-6-2,46-42-38-34-30-23-19-15-11-7-3)47-43-39-35-31-24-20-16-12-8-4/h49H,5-48H2,1-4H3. The first-order chi connectivity index (χ1) is 24.2. The Kier molecular flexibility index (Phi) is 43.2. The maximum absolute atomic E-state index is 2.34. The van der Waals surface area contributed by atoms with E-state index in [4.69, 9.17) is 0 Å². The van der Waals surface area contributed by atoms with E-state index in [2.05, 4.69) is 27.7 Å². The molecule has 0 aromatic carbocycles. The molecule has 0 saturated carbocycles. The molecular formula is C48H101P. The van der Waals surface area contributed by atoms with Crippen LogP contribution in [0.15, 0.2) is 0 Å². The zero-order chi connectivity index (χ0) is 35.6. The van der Waals surface area contributed by atoms with E-state index in [9.17, 15) is 0 Å². The molecule has 0 rings (SSSR count). The molecule has 1 heteroatoms. The molecule has 0 nitrogen and oxygen atoms in total. The molecule has 0 heterocycles. The topological polar surface area (TPSA) is 0 Å². The Balaban J connectivity index is 4.81. The van der Waals surface area contributed by atoms with Crippen molar-refractivity contribution in [2.45, 2.75) is 285 Å². The second kappa shape index (κ2) is 42.8. The van der Waals surface area contributed by atoms with E-state index < -0.39 is 7.26 Å².